The van der Waals surface area contributed by atoms with Gasteiger partial charge in [-0.3, -0.25) is 4.79 Å². The van der Waals surface area contributed by atoms with Gasteiger partial charge in [-0.2, -0.15) is 0 Å². The maximum Gasteiger partial charge on any atom is 0.412 e. The zero-order valence-corrected chi connectivity index (χ0v) is 17.7. The fraction of sp³-hybridized carbons (Fsp3) is 0.571. The molecule has 8 nitrogen and oxygen atoms in total. The van der Waals surface area contributed by atoms with Crippen LogP contribution in [0.2, 0.25) is 0 Å². The fourth-order valence-corrected chi connectivity index (χ4v) is 2.35. The van der Waals surface area contributed by atoms with Crippen LogP contribution in [0, 0.1) is 0 Å². The van der Waals surface area contributed by atoms with Crippen LogP contribution < -0.4 is 15.4 Å². The van der Waals surface area contributed by atoms with Crippen LogP contribution in [-0.4, -0.2) is 50.4 Å². The highest BCUT2D eigenvalue weighted by Crippen LogP contribution is 2.15. The number of rotatable bonds is 11. The number of amides is 2. The predicted molar refractivity (Wildman–Crippen MR) is 109 cm³/mol. The summed E-state index contributed by atoms with van der Waals surface area (Å²) in [6.45, 7) is 6.67. The third kappa shape index (κ3) is 11.7. The summed E-state index contributed by atoms with van der Waals surface area (Å²) in [6, 6.07) is 6.39. The number of carbonyl (C=O) groups is 3. The van der Waals surface area contributed by atoms with E-state index < -0.39 is 17.8 Å². The van der Waals surface area contributed by atoms with Gasteiger partial charge in [-0.15, -0.1) is 0 Å². The number of unbranched alkanes of at least 4 members (excludes halogenated alkanes) is 2. The SMILES string of the molecule is COCCCCCNC(=O)Oc1cccc(C(=O)CCNC(=O)OC(C)(C)C)c1. The summed E-state index contributed by atoms with van der Waals surface area (Å²) in [7, 11) is 1.66. The van der Waals surface area contributed by atoms with Crippen LogP contribution in [-0.2, 0) is 9.47 Å². The van der Waals surface area contributed by atoms with E-state index in [4.69, 9.17) is 14.2 Å². The van der Waals surface area contributed by atoms with Crippen LogP contribution in [0.5, 0.6) is 5.75 Å². The van der Waals surface area contributed by atoms with Gasteiger partial charge in [0.2, 0.25) is 0 Å². The number of methoxy groups -OCH3 is 1. The Bertz CT molecular complexity index is 669. The van der Waals surface area contributed by atoms with Gasteiger partial charge in [0.1, 0.15) is 11.4 Å². The van der Waals surface area contributed by atoms with Gasteiger partial charge < -0.3 is 24.8 Å². The molecule has 1 aromatic rings. The first-order chi connectivity index (χ1) is 13.7. The van der Waals surface area contributed by atoms with Crippen molar-refractivity contribution in [2.75, 3.05) is 26.8 Å². The van der Waals surface area contributed by atoms with Crippen LogP contribution in [0.4, 0.5) is 9.59 Å². The summed E-state index contributed by atoms with van der Waals surface area (Å²) in [5.74, 6) is 0.109. The van der Waals surface area contributed by atoms with Gasteiger partial charge in [0, 0.05) is 38.8 Å². The summed E-state index contributed by atoms with van der Waals surface area (Å²) < 4.78 is 15.3. The van der Waals surface area contributed by atoms with Crippen molar-refractivity contribution >= 4 is 18.0 Å². The lowest BCUT2D eigenvalue weighted by atomic mass is 10.1. The molecule has 2 amide bonds. The Morgan fingerprint density at radius 2 is 1.69 bits per heavy atom. The fourth-order valence-electron chi connectivity index (χ4n) is 2.35. The first-order valence-corrected chi connectivity index (χ1v) is 9.76. The Morgan fingerprint density at radius 3 is 2.38 bits per heavy atom. The van der Waals surface area contributed by atoms with Gasteiger partial charge in [-0.05, 0) is 52.2 Å². The molecule has 0 saturated carbocycles. The highest BCUT2D eigenvalue weighted by atomic mass is 16.6. The van der Waals surface area contributed by atoms with Crippen molar-refractivity contribution in [1.29, 1.82) is 0 Å². The average molecular weight is 408 g/mol. The second-order valence-corrected chi connectivity index (χ2v) is 7.50. The molecule has 0 saturated heterocycles. The number of alkyl carbamates (subject to hydrolysis) is 1. The van der Waals surface area contributed by atoms with E-state index in [2.05, 4.69) is 10.6 Å². The molecule has 0 aliphatic rings. The summed E-state index contributed by atoms with van der Waals surface area (Å²) in [5.41, 5.74) is -0.189. The molecule has 8 heteroatoms. The number of nitrogens with one attached hydrogen (secondary N) is 2. The summed E-state index contributed by atoms with van der Waals surface area (Å²) in [4.78, 5) is 35.7. The highest BCUT2D eigenvalue weighted by Gasteiger charge is 2.16. The van der Waals surface area contributed by atoms with Crippen LogP contribution >= 0.6 is 0 Å². The number of carbonyl (C=O) groups excluding carboxylic acids is 3. The third-order valence-corrected chi connectivity index (χ3v) is 3.68. The number of hydrogen-bond acceptors (Lipinski definition) is 6. The van der Waals surface area contributed by atoms with Crippen LogP contribution in [0.3, 0.4) is 0 Å². The Labute approximate surface area is 172 Å². The standard InChI is InChI=1S/C21H32N2O6/c1-21(2,3)29-20(26)23-13-11-18(24)16-9-8-10-17(15-16)28-19(25)22-12-6-5-7-14-27-4/h8-10,15H,5-7,11-14H2,1-4H3,(H,22,25)(H,23,26). The monoisotopic (exact) mass is 408 g/mol. The number of Topliss-reactive ketones (excluding diaryl/α,β-unsaturated/α-hetero) is 1. The van der Waals surface area contributed by atoms with Crippen molar-refractivity contribution in [3.05, 3.63) is 29.8 Å². The highest BCUT2D eigenvalue weighted by molar-refractivity contribution is 5.96. The Balaban J connectivity index is 2.38. The second kappa shape index (κ2) is 12.8. The normalized spacial score (nSPS) is 10.9. The zero-order chi connectivity index (χ0) is 21.7. The van der Waals surface area contributed by atoms with Crippen molar-refractivity contribution in [2.45, 2.75) is 52.1 Å². The van der Waals surface area contributed by atoms with Gasteiger partial charge >= 0.3 is 12.2 Å². The van der Waals surface area contributed by atoms with E-state index in [1.54, 1.807) is 46.1 Å². The molecule has 0 radical (unpaired) electrons. The molecular weight excluding hydrogens is 376 g/mol. The van der Waals surface area contributed by atoms with Crippen molar-refractivity contribution in [3.63, 3.8) is 0 Å². The second-order valence-electron chi connectivity index (χ2n) is 7.50. The topological polar surface area (TPSA) is 103 Å². The lowest BCUT2D eigenvalue weighted by molar-refractivity contribution is 0.0527. The van der Waals surface area contributed by atoms with Gasteiger partial charge in [0.25, 0.3) is 0 Å². The lowest BCUT2D eigenvalue weighted by Crippen LogP contribution is -2.33. The van der Waals surface area contributed by atoms with E-state index in [1.807, 2.05) is 0 Å². The maximum absolute atomic E-state index is 12.3. The molecular formula is C21H32N2O6. The molecule has 162 valence electrons. The summed E-state index contributed by atoms with van der Waals surface area (Å²) >= 11 is 0. The molecule has 0 spiro atoms. The van der Waals surface area contributed by atoms with Crippen LogP contribution in [0.1, 0.15) is 56.8 Å². The minimum atomic E-state index is -0.593. The Hall–Kier alpha value is -2.61. The number of benzene rings is 1. The molecule has 0 heterocycles. The lowest BCUT2D eigenvalue weighted by Gasteiger charge is -2.19. The van der Waals surface area contributed by atoms with Crippen molar-refractivity contribution in [3.8, 4) is 5.75 Å². The summed E-state index contributed by atoms with van der Waals surface area (Å²) in [6.07, 6.45) is 1.71. The minimum Gasteiger partial charge on any atom is -0.444 e. The van der Waals surface area contributed by atoms with E-state index in [9.17, 15) is 14.4 Å². The summed E-state index contributed by atoms with van der Waals surface area (Å²) in [5, 5.41) is 5.22. The van der Waals surface area contributed by atoms with Crippen molar-refractivity contribution in [2.24, 2.45) is 0 Å². The molecule has 0 unspecified atom stereocenters. The van der Waals surface area contributed by atoms with E-state index in [0.29, 0.717) is 18.7 Å². The van der Waals surface area contributed by atoms with Crippen molar-refractivity contribution in [1.82, 2.24) is 10.6 Å². The Kier molecular flexibility index (Phi) is 10.8. The number of hydrogen-bond donors (Lipinski definition) is 2. The smallest absolute Gasteiger partial charge is 0.412 e. The van der Waals surface area contributed by atoms with Crippen LogP contribution in [0.25, 0.3) is 0 Å². The molecule has 0 fully saturated rings. The molecule has 0 aliphatic carbocycles. The van der Waals surface area contributed by atoms with Gasteiger partial charge in [0.05, 0.1) is 0 Å². The van der Waals surface area contributed by atoms with Gasteiger partial charge in [0.15, 0.2) is 5.78 Å². The molecule has 2 N–H and O–H groups in total. The first kappa shape index (κ1) is 24.4. The molecule has 0 aliphatic heterocycles. The number of ether oxygens (including phenoxy) is 3. The van der Waals surface area contributed by atoms with E-state index >= 15 is 0 Å². The van der Waals surface area contributed by atoms with E-state index in [0.717, 1.165) is 19.3 Å². The Morgan fingerprint density at radius 1 is 0.966 bits per heavy atom. The van der Waals surface area contributed by atoms with Crippen LogP contribution in [0.15, 0.2) is 24.3 Å². The quantitative estimate of drug-likeness (QED) is 0.428. The van der Waals surface area contributed by atoms with Gasteiger partial charge in [-0.25, -0.2) is 9.59 Å². The first-order valence-electron chi connectivity index (χ1n) is 9.76. The molecule has 0 aromatic heterocycles. The molecule has 29 heavy (non-hydrogen) atoms. The minimum absolute atomic E-state index is 0.108. The van der Waals surface area contributed by atoms with E-state index in [-0.39, 0.29) is 24.5 Å². The van der Waals surface area contributed by atoms with Crippen molar-refractivity contribution < 1.29 is 28.6 Å². The predicted octanol–water partition coefficient (Wildman–Crippen LogP) is 3.69. The molecule has 1 aromatic carbocycles. The molecule has 0 atom stereocenters. The number of ketones is 1. The van der Waals surface area contributed by atoms with E-state index in [1.165, 1.54) is 6.07 Å². The maximum atomic E-state index is 12.3. The van der Waals surface area contributed by atoms with Gasteiger partial charge in [-0.1, -0.05) is 12.1 Å². The molecule has 1 rings (SSSR count). The zero-order valence-electron chi connectivity index (χ0n) is 17.7. The largest absolute Gasteiger partial charge is 0.444 e. The average Bonchev–Trinajstić information content (AvgIpc) is 2.63. The third-order valence-electron chi connectivity index (χ3n) is 3.68. The molecule has 0 bridgehead atoms.